The van der Waals surface area contributed by atoms with Crippen LogP contribution >= 0.6 is 0 Å². The van der Waals surface area contributed by atoms with Crippen molar-refractivity contribution >= 4 is 17.9 Å². The highest BCUT2D eigenvalue weighted by atomic mass is 28.4. The molecule has 1 saturated heterocycles. The highest BCUT2D eigenvalue weighted by Gasteiger charge is 2.33. The second-order valence-corrected chi connectivity index (χ2v) is 11.6. The van der Waals surface area contributed by atoms with E-state index in [1.165, 1.54) is 12.5 Å². The zero-order valence-corrected chi connectivity index (χ0v) is 10.5. The van der Waals surface area contributed by atoms with E-state index in [2.05, 4.69) is 23.9 Å². The molecular weight excluding hydrogens is 170 g/mol. The van der Waals surface area contributed by atoms with Crippen molar-refractivity contribution in [3.8, 4) is 0 Å². The lowest BCUT2D eigenvalue weighted by Gasteiger charge is -2.34. The van der Waals surface area contributed by atoms with Gasteiger partial charge >= 0.3 is 0 Å². The minimum Gasteiger partial charge on any atom is -0.368 e. The van der Waals surface area contributed by atoms with Crippen LogP contribution in [0.2, 0.25) is 25.7 Å². The van der Waals surface area contributed by atoms with Crippen molar-refractivity contribution in [3.05, 3.63) is 0 Å². The van der Waals surface area contributed by atoms with E-state index in [1.807, 2.05) is 7.11 Å². The van der Waals surface area contributed by atoms with Gasteiger partial charge in [0.1, 0.15) is 8.24 Å². The predicted molar refractivity (Wildman–Crippen MR) is 54.0 cm³/mol. The zero-order valence-electron chi connectivity index (χ0n) is 8.05. The van der Waals surface area contributed by atoms with Crippen molar-refractivity contribution < 1.29 is 4.74 Å². The van der Waals surface area contributed by atoms with Gasteiger partial charge < -0.3 is 8.97 Å². The molecule has 1 rings (SSSR count). The second kappa shape index (κ2) is 3.39. The van der Waals surface area contributed by atoms with Crippen molar-refractivity contribution in [1.82, 2.24) is 4.23 Å². The van der Waals surface area contributed by atoms with Crippen LogP contribution in [0.15, 0.2) is 0 Å². The van der Waals surface area contributed by atoms with Gasteiger partial charge in [-0.05, 0) is 12.5 Å². The Labute approximate surface area is 72.9 Å². The van der Waals surface area contributed by atoms with Crippen LogP contribution in [0, 0.1) is 0 Å². The van der Waals surface area contributed by atoms with Crippen molar-refractivity contribution in [2.24, 2.45) is 0 Å². The lowest BCUT2D eigenvalue weighted by molar-refractivity contribution is 0.0541. The molecule has 1 aliphatic rings. The van der Waals surface area contributed by atoms with Crippen molar-refractivity contribution in [2.45, 2.75) is 38.3 Å². The van der Waals surface area contributed by atoms with Crippen LogP contribution in [0.3, 0.4) is 0 Å². The summed E-state index contributed by atoms with van der Waals surface area (Å²) in [5, 5.41) is 0. The fourth-order valence-corrected chi connectivity index (χ4v) is 7.50. The van der Waals surface area contributed by atoms with Gasteiger partial charge in [-0.15, -0.1) is 0 Å². The van der Waals surface area contributed by atoms with Crippen LogP contribution in [0.1, 0.15) is 6.42 Å². The molecule has 0 aromatic heterocycles. The van der Waals surface area contributed by atoms with E-state index in [1.54, 1.807) is 0 Å². The van der Waals surface area contributed by atoms with Crippen molar-refractivity contribution in [2.75, 3.05) is 7.11 Å². The molecule has 1 heterocycles. The van der Waals surface area contributed by atoms with Gasteiger partial charge in [-0.1, -0.05) is 19.6 Å². The zero-order chi connectivity index (χ0) is 8.48. The molecular formula is C7H19NOSi2. The molecule has 11 heavy (non-hydrogen) atoms. The smallest absolute Gasteiger partial charge is 0.114 e. The first-order valence-corrected chi connectivity index (χ1v) is 9.43. The molecule has 66 valence electrons. The summed E-state index contributed by atoms with van der Waals surface area (Å²) in [4.78, 5) is 0. The topological polar surface area (TPSA) is 12.5 Å². The molecule has 0 aromatic carbocycles. The molecule has 0 radical (unpaired) electrons. The summed E-state index contributed by atoms with van der Waals surface area (Å²) in [6.45, 7) is 7.24. The van der Waals surface area contributed by atoms with Gasteiger partial charge in [0.15, 0.2) is 0 Å². The minimum atomic E-state index is -1.04. The van der Waals surface area contributed by atoms with Gasteiger partial charge in [-0.2, -0.15) is 0 Å². The van der Waals surface area contributed by atoms with Crippen LogP contribution in [0.4, 0.5) is 0 Å². The average Bonchev–Trinajstić information content (AvgIpc) is 2.31. The summed E-state index contributed by atoms with van der Waals surface area (Å²) >= 11 is 0. The number of rotatable bonds is 2. The Morgan fingerprint density at radius 2 is 2.09 bits per heavy atom. The van der Waals surface area contributed by atoms with E-state index in [0.717, 1.165) is 0 Å². The first kappa shape index (κ1) is 9.44. The predicted octanol–water partition coefficient (Wildman–Crippen LogP) is 1.00. The molecule has 0 amide bonds. The fraction of sp³-hybridized carbons (Fsp3) is 1.00. The standard InChI is InChI=1S/C7H19NOSi2/c1-9-7-5-6-10-8(7)11(2,3)4/h7H,5-6,10H2,1-4H3. The Kier molecular flexibility index (Phi) is 2.91. The molecule has 4 heteroatoms. The van der Waals surface area contributed by atoms with Gasteiger partial charge in [-0.3, -0.25) is 0 Å². The van der Waals surface area contributed by atoms with Gasteiger partial charge in [-0.25, -0.2) is 0 Å². The lowest BCUT2D eigenvalue weighted by Crippen LogP contribution is -2.50. The largest absolute Gasteiger partial charge is 0.368 e. The molecule has 0 aliphatic carbocycles. The molecule has 0 bridgehead atoms. The van der Waals surface area contributed by atoms with E-state index < -0.39 is 8.24 Å². The number of ether oxygens (including phenoxy) is 1. The summed E-state index contributed by atoms with van der Waals surface area (Å²) in [6.07, 6.45) is 1.76. The maximum atomic E-state index is 5.45. The van der Waals surface area contributed by atoms with Crippen LogP contribution in [0.25, 0.3) is 0 Å². The number of hydrogen-bond donors (Lipinski definition) is 0. The van der Waals surface area contributed by atoms with Crippen molar-refractivity contribution in [3.63, 3.8) is 0 Å². The Morgan fingerprint density at radius 1 is 1.45 bits per heavy atom. The van der Waals surface area contributed by atoms with Gasteiger partial charge in [0.25, 0.3) is 0 Å². The Hall–Kier alpha value is 0.354. The Morgan fingerprint density at radius 3 is 2.45 bits per heavy atom. The molecule has 1 fully saturated rings. The van der Waals surface area contributed by atoms with Crippen LogP contribution in [-0.2, 0) is 4.74 Å². The third-order valence-corrected chi connectivity index (χ3v) is 9.47. The molecule has 0 aromatic rings. The fourth-order valence-electron chi connectivity index (χ4n) is 1.75. The average molecular weight is 189 g/mol. The number of hydrogen-bond acceptors (Lipinski definition) is 2. The third-order valence-electron chi connectivity index (χ3n) is 2.33. The van der Waals surface area contributed by atoms with E-state index >= 15 is 0 Å². The Bertz CT molecular complexity index is 135. The maximum Gasteiger partial charge on any atom is 0.114 e. The summed E-state index contributed by atoms with van der Waals surface area (Å²) < 4.78 is 8.15. The van der Waals surface area contributed by atoms with E-state index in [4.69, 9.17) is 4.74 Å². The molecule has 0 N–H and O–H groups in total. The molecule has 0 spiro atoms. The highest BCUT2D eigenvalue weighted by molar-refractivity contribution is 6.79. The van der Waals surface area contributed by atoms with Gasteiger partial charge in [0.05, 0.1) is 15.9 Å². The maximum absolute atomic E-state index is 5.45. The van der Waals surface area contributed by atoms with Crippen LogP contribution in [0.5, 0.6) is 0 Å². The number of methoxy groups -OCH3 is 1. The van der Waals surface area contributed by atoms with E-state index in [9.17, 15) is 0 Å². The van der Waals surface area contributed by atoms with Gasteiger partial charge in [0, 0.05) is 7.11 Å². The van der Waals surface area contributed by atoms with E-state index in [0.29, 0.717) is 6.23 Å². The minimum absolute atomic E-state index is 0.0646. The molecule has 0 saturated carbocycles. The van der Waals surface area contributed by atoms with Crippen molar-refractivity contribution in [1.29, 1.82) is 0 Å². The van der Waals surface area contributed by atoms with Crippen LogP contribution < -0.4 is 0 Å². The van der Waals surface area contributed by atoms with Gasteiger partial charge in [0.2, 0.25) is 0 Å². The van der Waals surface area contributed by atoms with E-state index in [-0.39, 0.29) is 9.68 Å². The second-order valence-electron chi connectivity index (χ2n) is 4.20. The molecule has 1 atom stereocenters. The number of nitrogens with zero attached hydrogens (tertiary/aromatic N) is 1. The monoisotopic (exact) mass is 189 g/mol. The summed E-state index contributed by atoms with van der Waals surface area (Å²) in [5.41, 5.74) is 0. The summed E-state index contributed by atoms with van der Waals surface area (Å²) in [6, 6.07) is 1.45. The molecule has 2 nitrogen and oxygen atoms in total. The molecule has 1 unspecified atom stereocenters. The third kappa shape index (κ3) is 2.14. The molecule has 1 aliphatic heterocycles. The first-order valence-electron chi connectivity index (χ1n) is 4.35. The van der Waals surface area contributed by atoms with Crippen LogP contribution in [-0.4, -0.2) is 35.5 Å². The lowest BCUT2D eigenvalue weighted by atomic mass is 10.4. The SMILES string of the molecule is COC1CC[SiH2]N1[Si](C)(C)C. The highest BCUT2D eigenvalue weighted by Crippen LogP contribution is 2.23. The summed E-state index contributed by atoms with van der Waals surface area (Å²) in [7, 11) is 0.871. The summed E-state index contributed by atoms with van der Waals surface area (Å²) in [5.74, 6) is 0. The first-order chi connectivity index (χ1) is 5.05. The normalized spacial score (nSPS) is 30.0. The quantitative estimate of drug-likeness (QED) is 0.601. The Balaban J connectivity index is 2.57.